The van der Waals surface area contributed by atoms with E-state index < -0.39 is 0 Å². The second kappa shape index (κ2) is 6.46. The van der Waals surface area contributed by atoms with Gasteiger partial charge in [-0.2, -0.15) is 4.37 Å². The summed E-state index contributed by atoms with van der Waals surface area (Å²) in [7, 11) is 1.68. The number of rotatable bonds is 6. The predicted octanol–water partition coefficient (Wildman–Crippen LogP) is 3.53. The molecule has 1 aliphatic carbocycles. The molecule has 0 spiro atoms. The minimum atomic E-state index is 0.523. The third kappa shape index (κ3) is 3.32. The van der Waals surface area contributed by atoms with Crippen molar-refractivity contribution in [3.05, 3.63) is 0 Å². The van der Waals surface area contributed by atoms with Gasteiger partial charge in [-0.25, -0.2) is 0 Å². The van der Waals surface area contributed by atoms with Crippen molar-refractivity contribution in [2.24, 2.45) is 5.92 Å². The summed E-state index contributed by atoms with van der Waals surface area (Å²) in [6.45, 7) is 5.61. The Hall–Kier alpha value is -0.970. The lowest BCUT2D eigenvalue weighted by Crippen LogP contribution is -2.34. The number of nitrogen functional groups attached to an aromatic ring is 1. The van der Waals surface area contributed by atoms with E-state index in [-0.39, 0.29) is 0 Å². The monoisotopic (exact) mass is 283 g/mol. The fourth-order valence-electron chi connectivity index (χ4n) is 2.72. The first-order chi connectivity index (χ1) is 9.13. The van der Waals surface area contributed by atoms with Crippen LogP contribution in [0.3, 0.4) is 0 Å². The Balaban J connectivity index is 2.19. The molecule has 4 nitrogen and oxygen atoms in total. The average Bonchev–Trinajstić information content (AvgIpc) is 3.00. The highest BCUT2D eigenvalue weighted by Gasteiger charge is 2.27. The number of methoxy groups -OCH3 is 1. The molecule has 1 fully saturated rings. The molecular weight excluding hydrogens is 258 g/mol. The van der Waals surface area contributed by atoms with Crippen LogP contribution in [0.25, 0.3) is 0 Å². The first-order valence-corrected chi connectivity index (χ1v) is 7.96. The maximum absolute atomic E-state index is 5.89. The highest BCUT2D eigenvalue weighted by atomic mass is 32.1. The van der Waals surface area contributed by atoms with Gasteiger partial charge in [0.2, 0.25) is 0 Å². The summed E-state index contributed by atoms with van der Waals surface area (Å²) in [4.78, 5) is 2.49. The van der Waals surface area contributed by atoms with E-state index in [1.807, 2.05) is 0 Å². The van der Waals surface area contributed by atoms with E-state index in [1.165, 1.54) is 43.6 Å². The zero-order chi connectivity index (χ0) is 13.8. The number of hydrogen-bond acceptors (Lipinski definition) is 5. The van der Waals surface area contributed by atoms with Crippen LogP contribution in [0, 0.1) is 5.92 Å². The first-order valence-electron chi connectivity index (χ1n) is 7.19. The van der Waals surface area contributed by atoms with E-state index in [0.29, 0.717) is 17.8 Å². The van der Waals surface area contributed by atoms with Crippen LogP contribution in [-0.2, 0) is 0 Å². The summed E-state index contributed by atoms with van der Waals surface area (Å²) in [5.74, 6) is 2.00. The molecule has 0 saturated heterocycles. The zero-order valence-electron chi connectivity index (χ0n) is 12.2. The van der Waals surface area contributed by atoms with Gasteiger partial charge in [0.05, 0.1) is 7.11 Å². The molecule has 0 aromatic carbocycles. The second-order valence-corrected chi connectivity index (χ2v) is 6.47. The van der Waals surface area contributed by atoms with E-state index in [0.717, 1.165) is 17.3 Å². The number of ether oxygens (including phenoxy) is 1. The Labute approximate surface area is 120 Å². The number of hydrogen-bond donors (Lipinski definition) is 1. The van der Waals surface area contributed by atoms with Crippen LogP contribution in [0.2, 0.25) is 0 Å². The van der Waals surface area contributed by atoms with Crippen molar-refractivity contribution >= 4 is 22.4 Å². The lowest BCUT2D eigenvalue weighted by atomic mass is 10.1. The molecule has 0 unspecified atom stereocenters. The Bertz CT molecular complexity index is 399. The van der Waals surface area contributed by atoms with Crippen molar-refractivity contribution in [1.82, 2.24) is 4.37 Å². The highest BCUT2D eigenvalue weighted by molar-refractivity contribution is 7.11. The van der Waals surface area contributed by atoms with Gasteiger partial charge in [0, 0.05) is 12.6 Å². The first kappa shape index (κ1) is 14.4. The molecule has 1 heterocycles. The summed E-state index contributed by atoms with van der Waals surface area (Å²) < 4.78 is 9.70. The third-order valence-corrected chi connectivity index (χ3v) is 4.72. The zero-order valence-corrected chi connectivity index (χ0v) is 13.0. The molecule has 0 radical (unpaired) electrons. The number of aromatic nitrogens is 1. The SMILES string of the molecule is COc1c(N)nsc1N(CCC(C)C)C1CCCC1. The number of nitrogens with zero attached hydrogens (tertiary/aromatic N) is 2. The fourth-order valence-corrected chi connectivity index (χ4v) is 3.61. The van der Waals surface area contributed by atoms with Gasteiger partial charge in [-0.1, -0.05) is 26.7 Å². The molecule has 0 aliphatic heterocycles. The Morgan fingerprint density at radius 1 is 1.42 bits per heavy atom. The average molecular weight is 283 g/mol. The van der Waals surface area contributed by atoms with Crippen LogP contribution < -0.4 is 15.4 Å². The van der Waals surface area contributed by atoms with Crippen molar-refractivity contribution in [3.8, 4) is 5.75 Å². The molecule has 108 valence electrons. The van der Waals surface area contributed by atoms with E-state index in [9.17, 15) is 0 Å². The van der Waals surface area contributed by atoms with Crippen molar-refractivity contribution in [1.29, 1.82) is 0 Å². The van der Waals surface area contributed by atoms with E-state index in [1.54, 1.807) is 7.11 Å². The smallest absolute Gasteiger partial charge is 0.197 e. The maximum atomic E-state index is 5.89. The van der Waals surface area contributed by atoms with Crippen molar-refractivity contribution in [2.75, 3.05) is 24.3 Å². The van der Waals surface area contributed by atoms with Crippen LogP contribution in [0.4, 0.5) is 10.8 Å². The maximum Gasteiger partial charge on any atom is 0.197 e. The molecule has 2 N–H and O–H groups in total. The number of nitrogens with two attached hydrogens (primary N) is 1. The predicted molar refractivity (Wildman–Crippen MR) is 82.1 cm³/mol. The third-order valence-electron chi connectivity index (χ3n) is 3.84. The summed E-state index contributed by atoms with van der Waals surface area (Å²) in [5.41, 5.74) is 5.89. The molecular formula is C14H25N3OS. The Kier molecular flexibility index (Phi) is 4.91. The highest BCUT2D eigenvalue weighted by Crippen LogP contribution is 2.41. The molecule has 2 rings (SSSR count). The van der Waals surface area contributed by atoms with Crippen molar-refractivity contribution in [2.45, 2.75) is 52.0 Å². The molecule has 0 amide bonds. The largest absolute Gasteiger partial charge is 0.490 e. The van der Waals surface area contributed by atoms with Crippen LogP contribution in [0.15, 0.2) is 0 Å². The fraction of sp³-hybridized carbons (Fsp3) is 0.786. The van der Waals surface area contributed by atoms with Crippen LogP contribution in [0.1, 0.15) is 46.0 Å². The quantitative estimate of drug-likeness (QED) is 0.867. The molecule has 5 heteroatoms. The van der Waals surface area contributed by atoms with Gasteiger partial charge >= 0.3 is 0 Å². The summed E-state index contributed by atoms with van der Waals surface area (Å²) in [6.07, 6.45) is 6.41. The second-order valence-electron chi connectivity index (χ2n) is 5.72. The summed E-state index contributed by atoms with van der Waals surface area (Å²) in [5, 5.41) is 1.12. The van der Waals surface area contributed by atoms with Gasteiger partial charge in [0.25, 0.3) is 0 Å². The van der Waals surface area contributed by atoms with Gasteiger partial charge < -0.3 is 15.4 Å². The molecule has 1 aromatic rings. The van der Waals surface area contributed by atoms with E-state index in [4.69, 9.17) is 10.5 Å². The van der Waals surface area contributed by atoms with Gasteiger partial charge in [0.15, 0.2) is 16.6 Å². The minimum Gasteiger partial charge on any atom is -0.490 e. The lowest BCUT2D eigenvalue weighted by molar-refractivity contribution is 0.414. The molecule has 1 aromatic heterocycles. The minimum absolute atomic E-state index is 0.523. The summed E-state index contributed by atoms with van der Waals surface area (Å²) in [6, 6.07) is 0.632. The topological polar surface area (TPSA) is 51.4 Å². The van der Waals surface area contributed by atoms with E-state index in [2.05, 4.69) is 23.1 Å². The van der Waals surface area contributed by atoms with Crippen molar-refractivity contribution < 1.29 is 4.74 Å². The molecule has 1 aliphatic rings. The van der Waals surface area contributed by atoms with E-state index >= 15 is 0 Å². The van der Waals surface area contributed by atoms with Gasteiger partial charge in [-0.15, -0.1) is 0 Å². The van der Waals surface area contributed by atoms with Gasteiger partial charge in [0.1, 0.15) is 0 Å². The Morgan fingerprint density at radius 2 is 2.11 bits per heavy atom. The molecule has 19 heavy (non-hydrogen) atoms. The van der Waals surface area contributed by atoms with Crippen LogP contribution in [0.5, 0.6) is 5.75 Å². The normalized spacial score (nSPS) is 16.2. The lowest BCUT2D eigenvalue weighted by Gasteiger charge is -2.30. The molecule has 0 bridgehead atoms. The molecule has 0 atom stereocenters. The van der Waals surface area contributed by atoms with Crippen molar-refractivity contribution in [3.63, 3.8) is 0 Å². The number of anilines is 2. The Morgan fingerprint density at radius 3 is 2.68 bits per heavy atom. The van der Waals surface area contributed by atoms with Crippen LogP contribution >= 0.6 is 11.5 Å². The van der Waals surface area contributed by atoms with Crippen LogP contribution in [-0.4, -0.2) is 24.1 Å². The van der Waals surface area contributed by atoms with Gasteiger partial charge in [-0.05, 0) is 36.7 Å². The van der Waals surface area contributed by atoms with Gasteiger partial charge in [-0.3, -0.25) is 0 Å². The summed E-state index contributed by atoms with van der Waals surface area (Å²) >= 11 is 1.47. The standard InChI is InChI=1S/C14H25N3OS/c1-10(2)8-9-17(11-6-4-5-7-11)14-12(18-3)13(15)16-19-14/h10-11H,4-9H2,1-3H3,(H2,15,16). The molecule has 1 saturated carbocycles.